The van der Waals surface area contributed by atoms with Crippen LogP contribution < -0.4 is 0 Å². The standard InChI is InChI=1S/2C15H19.Y/c2*1-8-7-14-12(5)10(3)11(4)13(6)15(14)9(8)2;/h2*7H,1-6H3;/q2*-1;+3. The van der Waals surface area contributed by atoms with Gasteiger partial charge in [-0.15, -0.1) is 55.9 Å². The molecule has 4 rings (SSSR count). The zero-order chi connectivity index (χ0) is 22.7. The zero-order valence-corrected chi connectivity index (χ0v) is 24.6. The third kappa shape index (κ3) is 4.11. The normalized spacial score (nSPS) is 11.0. The van der Waals surface area contributed by atoms with Gasteiger partial charge in [0, 0.05) is 0 Å². The van der Waals surface area contributed by atoms with Crippen LogP contribution in [0.15, 0.2) is 12.1 Å². The Hall–Kier alpha value is -1.24. The van der Waals surface area contributed by atoms with E-state index in [2.05, 4.69) is 95.2 Å². The van der Waals surface area contributed by atoms with Crippen molar-refractivity contribution >= 4 is 21.5 Å². The molecule has 0 aliphatic heterocycles. The van der Waals surface area contributed by atoms with Crippen LogP contribution in [-0.4, -0.2) is 0 Å². The second-order valence-electron chi connectivity index (χ2n) is 9.48. The SMILES string of the molecule is Cc1[cH-]c2c(C)c(C)c(C)c(C)c2c1C.Cc1[cH-]c2c(C)c(C)c(C)c(C)c2c1C.[Y+3]. The minimum atomic E-state index is 0. The van der Waals surface area contributed by atoms with E-state index < -0.39 is 0 Å². The van der Waals surface area contributed by atoms with Gasteiger partial charge in [0.05, 0.1) is 0 Å². The van der Waals surface area contributed by atoms with E-state index in [0.717, 1.165) is 0 Å². The topological polar surface area (TPSA) is 0 Å². The van der Waals surface area contributed by atoms with E-state index >= 15 is 0 Å². The molecule has 0 aromatic heterocycles. The van der Waals surface area contributed by atoms with Crippen molar-refractivity contribution in [3.63, 3.8) is 0 Å². The van der Waals surface area contributed by atoms with E-state index in [1.54, 1.807) is 0 Å². The largest absolute Gasteiger partial charge is 3.00 e. The van der Waals surface area contributed by atoms with Gasteiger partial charge in [0.2, 0.25) is 0 Å². The first-order valence-electron chi connectivity index (χ1n) is 11.2. The van der Waals surface area contributed by atoms with Crippen LogP contribution in [0.2, 0.25) is 0 Å². The van der Waals surface area contributed by atoms with Gasteiger partial charge in [0.1, 0.15) is 0 Å². The van der Waals surface area contributed by atoms with Gasteiger partial charge >= 0.3 is 32.7 Å². The predicted molar refractivity (Wildman–Crippen MR) is 136 cm³/mol. The van der Waals surface area contributed by atoms with E-state index in [9.17, 15) is 0 Å². The van der Waals surface area contributed by atoms with E-state index in [0.29, 0.717) is 0 Å². The molecule has 0 heterocycles. The Morgan fingerprint density at radius 1 is 0.323 bits per heavy atom. The van der Waals surface area contributed by atoms with Crippen LogP contribution in [0, 0.1) is 83.1 Å². The van der Waals surface area contributed by atoms with Gasteiger partial charge in [-0.3, -0.25) is 0 Å². The molecule has 0 fully saturated rings. The van der Waals surface area contributed by atoms with Crippen LogP contribution in [0.25, 0.3) is 21.5 Å². The smallest absolute Gasteiger partial charge is 0.153 e. The summed E-state index contributed by atoms with van der Waals surface area (Å²) in [6.07, 6.45) is 0. The van der Waals surface area contributed by atoms with Gasteiger partial charge in [-0.2, -0.15) is 11.1 Å². The molecule has 0 spiro atoms. The predicted octanol–water partition coefficient (Wildman–Crippen LogP) is 8.82. The van der Waals surface area contributed by atoms with Gasteiger partial charge in [-0.1, -0.05) is 74.9 Å². The number of hydrogen-bond donors (Lipinski definition) is 0. The first-order chi connectivity index (χ1) is 13.9. The fraction of sp³-hybridized carbons (Fsp3) is 0.400. The van der Waals surface area contributed by atoms with Gasteiger partial charge in [0.25, 0.3) is 0 Å². The van der Waals surface area contributed by atoms with Crippen molar-refractivity contribution in [1.82, 2.24) is 0 Å². The number of hydrogen-bond acceptors (Lipinski definition) is 0. The van der Waals surface area contributed by atoms with Crippen LogP contribution in [0.3, 0.4) is 0 Å². The molecule has 1 heteroatoms. The molecule has 160 valence electrons. The molecule has 0 amide bonds. The monoisotopic (exact) mass is 487 g/mol. The van der Waals surface area contributed by atoms with Crippen LogP contribution in [0.1, 0.15) is 66.8 Å². The molecule has 0 saturated heterocycles. The maximum absolute atomic E-state index is 2.33. The van der Waals surface area contributed by atoms with Crippen molar-refractivity contribution in [3.8, 4) is 0 Å². The summed E-state index contributed by atoms with van der Waals surface area (Å²) in [5.41, 5.74) is 17.4. The summed E-state index contributed by atoms with van der Waals surface area (Å²) in [5, 5.41) is 5.86. The average Bonchev–Trinajstić information content (AvgIpc) is 3.18. The zero-order valence-electron chi connectivity index (χ0n) is 21.7. The van der Waals surface area contributed by atoms with Crippen molar-refractivity contribution in [2.24, 2.45) is 0 Å². The number of aryl methyl sites for hydroxylation is 8. The van der Waals surface area contributed by atoms with Gasteiger partial charge in [0.15, 0.2) is 0 Å². The molecule has 4 aromatic carbocycles. The van der Waals surface area contributed by atoms with Gasteiger partial charge < -0.3 is 0 Å². The van der Waals surface area contributed by atoms with E-state index in [1.165, 1.54) is 88.3 Å². The summed E-state index contributed by atoms with van der Waals surface area (Å²) in [7, 11) is 0. The molecule has 0 saturated carbocycles. The molecular weight excluding hydrogens is 449 g/mol. The molecule has 31 heavy (non-hydrogen) atoms. The molecule has 0 atom stereocenters. The van der Waals surface area contributed by atoms with Crippen molar-refractivity contribution in [1.29, 1.82) is 0 Å². The molecule has 0 aliphatic carbocycles. The van der Waals surface area contributed by atoms with Gasteiger partial charge in [-0.25, -0.2) is 0 Å². The molecule has 4 aromatic rings. The number of benzene rings is 2. The molecule has 0 N–H and O–H groups in total. The number of fused-ring (bicyclic) bond motifs is 2. The fourth-order valence-corrected chi connectivity index (χ4v) is 5.05. The maximum Gasteiger partial charge on any atom is 3.00 e. The van der Waals surface area contributed by atoms with E-state index in [-0.39, 0.29) is 32.7 Å². The van der Waals surface area contributed by atoms with Crippen molar-refractivity contribution in [2.75, 3.05) is 0 Å². The molecular formula is C30H38Y+. The Morgan fingerprint density at radius 3 is 0.871 bits per heavy atom. The minimum absolute atomic E-state index is 0. The summed E-state index contributed by atoms with van der Waals surface area (Å²) < 4.78 is 0. The molecule has 0 nitrogen and oxygen atoms in total. The molecule has 0 bridgehead atoms. The van der Waals surface area contributed by atoms with E-state index in [1.807, 2.05) is 0 Å². The Labute approximate surface area is 215 Å². The second kappa shape index (κ2) is 9.32. The Bertz CT molecular complexity index is 1190. The first-order valence-corrected chi connectivity index (χ1v) is 11.2. The third-order valence-electron chi connectivity index (χ3n) is 8.13. The average molecular weight is 488 g/mol. The van der Waals surface area contributed by atoms with Crippen molar-refractivity contribution < 1.29 is 32.7 Å². The van der Waals surface area contributed by atoms with Crippen molar-refractivity contribution in [2.45, 2.75) is 83.1 Å². The Balaban J connectivity index is 0.000000213. The van der Waals surface area contributed by atoms with Crippen molar-refractivity contribution in [3.05, 3.63) is 78.9 Å². The van der Waals surface area contributed by atoms with Gasteiger partial charge in [-0.05, 0) is 41.5 Å². The van der Waals surface area contributed by atoms with E-state index in [4.69, 9.17) is 0 Å². The third-order valence-corrected chi connectivity index (χ3v) is 8.13. The minimum Gasteiger partial charge on any atom is -0.153 e. The van der Waals surface area contributed by atoms with Crippen LogP contribution in [0.4, 0.5) is 0 Å². The van der Waals surface area contributed by atoms with Crippen LogP contribution in [-0.2, 0) is 32.7 Å². The molecule has 0 aliphatic rings. The maximum atomic E-state index is 2.33. The van der Waals surface area contributed by atoms with Crippen LogP contribution in [0.5, 0.6) is 0 Å². The fourth-order valence-electron chi connectivity index (χ4n) is 5.05. The summed E-state index contributed by atoms with van der Waals surface area (Å²) >= 11 is 0. The summed E-state index contributed by atoms with van der Waals surface area (Å²) in [6.45, 7) is 26.8. The quantitative estimate of drug-likeness (QED) is 0.217. The summed E-state index contributed by atoms with van der Waals surface area (Å²) in [4.78, 5) is 0. The Morgan fingerprint density at radius 2 is 0.581 bits per heavy atom. The summed E-state index contributed by atoms with van der Waals surface area (Å²) in [6, 6.07) is 4.67. The number of rotatable bonds is 0. The molecule has 0 unspecified atom stereocenters. The molecule has 0 radical (unpaired) electrons. The summed E-state index contributed by atoms with van der Waals surface area (Å²) in [5.74, 6) is 0. The second-order valence-corrected chi connectivity index (χ2v) is 9.48. The van der Waals surface area contributed by atoms with Crippen LogP contribution >= 0.6 is 0 Å². The Kier molecular flexibility index (Phi) is 7.83. The first kappa shape index (κ1) is 26.0.